The van der Waals surface area contributed by atoms with Crippen molar-refractivity contribution in [2.75, 3.05) is 6.54 Å². The van der Waals surface area contributed by atoms with E-state index < -0.39 is 5.69 Å². The summed E-state index contributed by atoms with van der Waals surface area (Å²) in [5.41, 5.74) is 5.43. The number of hydrogen-bond donors (Lipinski definition) is 1. The van der Waals surface area contributed by atoms with Gasteiger partial charge < -0.3 is 5.73 Å². The summed E-state index contributed by atoms with van der Waals surface area (Å²) in [6.07, 6.45) is 2.92. The van der Waals surface area contributed by atoms with Gasteiger partial charge in [0.05, 0.1) is 6.54 Å². The summed E-state index contributed by atoms with van der Waals surface area (Å²) in [5, 5.41) is 8.98. The molecule has 0 bridgehead atoms. The molecule has 0 saturated carbocycles. The zero-order valence-corrected chi connectivity index (χ0v) is 10.7. The Balaban J connectivity index is 2.45. The Bertz CT molecular complexity index is 769. The molecule has 0 fully saturated rings. The highest BCUT2D eigenvalue weighted by Crippen LogP contribution is 2.04. The molecule has 2 heterocycles. The normalized spacial score (nSPS) is 10.2. The molecule has 0 atom stereocenters. The van der Waals surface area contributed by atoms with Gasteiger partial charge in [-0.2, -0.15) is 5.26 Å². The highest BCUT2D eigenvalue weighted by molar-refractivity contribution is 5.30. The van der Waals surface area contributed by atoms with E-state index in [9.17, 15) is 9.59 Å². The van der Waals surface area contributed by atoms with Gasteiger partial charge >= 0.3 is 5.69 Å². The zero-order valence-electron chi connectivity index (χ0n) is 10.7. The Hall–Kier alpha value is -2.72. The maximum Gasteiger partial charge on any atom is 0.331 e. The monoisotopic (exact) mass is 271 g/mol. The number of nitriles is 1. The van der Waals surface area contributed by atoms with Crippen molar-refractivity contribution in [1.29, 1.82) is 5.26 Å². The van der Waals surface area contributed by atoms with E-state index in [1.165, 1.54) is 23.0 Å². The van der Waals surface area contributed by atoms with Gasteiger partial charge in [0.1, 0.15) is 11.8 Å². The topological polar surface area (TPSA) is 107 Å². The third kappa shape index (κ3) is 2.65. The van der Waals surface area contributed by atoms with E-state index in [-0.39, 0.29) is 30.9 Å². The van der Waals surface area contributed by atoms with E-state index in [0.717, 1.165) is 4.57 Å². The maximum absolute atomic E-state index is 12.2. The summed E-state index contributed by atoms with van der Waals surface area (Å²) in [5.74, 6) is 0. The third-order valence-corrected chi connectivity index (χ3v) is 2.83. The van der Waals surface area contributed by atoms with Gasteiger partial charge in [-0.05, 0) is 6.07 Å². The highest BCUT2D eigenvalue weighted by Gasteiger charge is 2.08. The van der Waals surface area contributed by atoms with Crippen molar-refractivity contribution in [1.82, 2.24) is 14.1 Å². The molecular formula is C13H13N5O2. The van der Waals surface area contributed by atoms with E-state index in [4.69, 9.17) is 11.0 Å². The van der Waals surface area contributed by atoms with Gasteiger partial charge in [-0.3, -0.25) is 13.9 Å². The molecule has 2 N–H and O–H groups in total. The first kappa shape index (κ1) is 13.7. The quantitative estimate of drug-likeness (QED) is 0.790. The van der Waals surface area contributed by atoms with Crippen LogP contribution in [0.25, 0.3) is 0 Å². The van der Waals surface area contributed by atoms with Gasteiger partial charge in [-0.15, -0.1) is 0 Å². The van der Waals surface area contributed by atoms with E-state index in [1.54, 1.807) is 12.1 Å². The van der Waals surface area contributed by atoms with Gasteiger partial charge in [0.2, 0.25) is 0 Å². The predicted octanol–water partition coefficient (Wildman–Crippen LogP) is -0.716. The molecule has 0 radical (unpaired) electrons. The summed E-state index contributed by atoms with van der Waals surface area (Å²) in [6, 6.07) is 6.69. The highest BCUT2D eigenvalue weighted by atomic mass is 16.2. The molecular weight excluding hydrogens is 258 g/mol. The first-order valence-corrected chi connectivity index (χ1v) is 6.01. The van der Waals surface area contributed by atoms with Crippen LogP contribution in [0, 0.1) is 11.3 Å². The van der Waals surface area contributed by atoms with E-state index >= 15 is 0 Å². The molecule has 2 rings (SSSR count). The van der Waals surface area contributed by atoms with E-state index in [2.05, 4.69) is 4.98 Å². The molecule has 0 aliphatic rings. The standard InChI is InChI=1S/C13H13N5O2/c14-4-7-18-12(19)3-6-17(13(18)20)9-10-2-1-5-16-11(10)8-15/h1-3,5-6H,4,7,9,14H2. The van der Waals surface area contributed by atoms with E-state index in [1.807, 2.05) is 6.07 Å². The third-order valence-electron chi connectivity index (χ3n) is 2.83. The SMILES string of the molecule is N#Cc1ncccc1Cn1ccc(=O)n(CCN)c1=O. The Kier molecular flexibility index (Phi) is 4.08. The fourth-order valence-corrected chi connectivity index (χ4v) is 1.86. The minimum absolute atomic E-state index is 0.163. The summed E-state index contributed by atoms with van der Waals surface area (Å²) >= 11 is 0. The predicted molar refractivity (Wildman–Crippen MR) is 72.1 cm³/mol. The van der Waals surface area contributed by atoms with Crippen LogP contribution in [0.15, 0.2) is 40.2 Å². The summed E-state index contributed by atoms with van der Waals surface area (Å²) in [6.45, 7) is 0.548. The van der Waals surface area contributed by atoms with Crippen molar-refractivity contribution in [3.05, 3.63) is 62.7 Å². The molecule has 0 saturated heterocycles. The lowest BCUT2D eigenvalue weighted by atomic mass is 10.2. The average Bonchev–Trinajstić information content (AvgIpc) is 2.47. The molecule has 0 aliphatic heterocycles. The van der Waals surface area contributed by atoms with Crippen LogP contribution in [0.5, 0.6) is 0 Å². The van der Waals surface area contributed by atoms with Gasteiger partial charge in [-0.1, -0.05) is 6.07 Å². The van der Waals surface area contributed by atoms with Crippen molar-refractivity contribution in [3.8, 4) is 6.07 Å². The lowest BCUT2D eigenvalue weighted by Gasteiger charge is -2.09. The van der Waals surface area contributed by atoms with Gasteiger partial charge in [0.15, 0.2) is 0 Å². The van der Waals surface area contributed by atoms with Crippen LogP contribution in [0.1, 0.15) is 11.3 Å². The summed E-state index contributed by atoms with van der Waals surface area (Å²) in [4.78, 5) is 27.7. The van der Waals surface area contributed by atoms with Gasteiger partial charge in [0, 0.05) is 37.1 Å². The summed E-state index contributed by atoms with van der Waals surface area (Å²) in [7, 11) is 0. The van der Waals surface area contributed by atoms with Crippen LogP contribution in [0.2, 0.25) is 0 Å². The minimum atomic E-state index is -0.448. The summed E-state index contributed by atoms with van der Waals surface area (Å²) < 4.78 is 2.43. The number of hydrogen-bond acceptors (Lipinski definition) is 5. The fourth-order valence-electron chi connectivity index (χ4n) is 1.86. The second-order valence-electron chi connectivity index (χ2n) is 4.13. The van der Waals surface area contributed by atoms with Crippen molar-refractivity contribution in [2.24, 2.45) is 5.73 Å². The lowest BCUT2D eigenvalue weighted by molar-refractivity contribution is 0.578. The Labute approximate surface area is 114 Å². The van der Waals surface area contributed by atoms with Crippen molar-refractivity contribution < 1.29 is 0 Å². The van der Waals surface area contributed by atoms with Crippen LogP contribution in [0.3, 0.4) is 0 Å². The van der Waals surface area contributed by atoms with Gasteiger partial charge in [0.25, 0.3) is 5.56 Å². The largest absolute Gasteiger partial charge is 0.331 e. The van der Waals surface area contributed by atoms with Crippen molar-refractivity contribution in [2.45, 2.75) is 13.1 Å². The molecule has 20 heavy (non-hydrogen) atoms. The molecule has 7 nitrogen and oxygen atoms in total. The zero-order chi connectivity index (χ0) is 14.5. The molecule has 0 spiro atoms. The first-order valence-electron chi connectivity index (χ1n) is 6.01. The van der Waals surface area contributed by atoms with Crippen LogP contribution in [-0.4, -0.2) is 20.7 Å². The number of rotatable bonds is 4. The number of pyridine rings is 1. The maximum atomic E-state index is 12.2. The average molecular weight is 271 g/mol. The number of nitrogens with two attached hydrogens (primary N) is 1. The smallest absolute Gasteiger partial charge is 0.329 e. The molecule has 0 unspecified atom stereocenters. The molecule has 2 aromatic heterocycles. The van der Waals surface area contributed by atoms with Crippen molar-refractivity contribution in [3.63, 3.8) is 0 Å². The molecule has 7 heteroatoms. The molecule has 2 aromatic rings. The Morgan fingerprint density at radius 3 is 2.85 bits per heavy atom. The van der Waals surface area contributed by atoms with Crippen molar-refractivity contribution >= 4 is 0 Å². The second kappa shape index (κ2) is 5.95. The first-order chi connectivity index (χ1) is 9.67. The molecule has 102 valence electrons. The van der Waals surface area contributed by atoms with Gasteiger partial charge in [-0.25, -0.2) is 9.78 Å². The van der Waals surface area contributed by atoms with Crippen LogP contribution >= 0.6 is 0 Å². The van der Waals surface area contributed by atoms with Crippen LogP contribution < -0.4 is 17.0 Å². The minimum Gasteiger partial charge on any atom is -0.329 e. The second-order valence-corrected chi connectivity index (χ2v) is 4.13. The molecule has 0 amide bonds. The molecule has 0 aliphatic carbocycles. The van der Waals surface area contributed by atoms with Crippen LogP contribution in [0.4, 0.5) is 0 Å². The Morgan fingerprint density at radius 1 is 1.35 bits per heavy atom. The lowest BCUT2D eigenvalue weighted by Crippen LogP contribution is -2.40. The Morgan fingerprint density at radius 2 is 2.15 bits per heavy atom. The van der Waals surface area contributed by atoms with Crippen LogP contribution in [-0.2, 0) is 13.1 Å². The molecule has 0 aromatic carbocycles. The number of aromatic nitrogens is 3. The fraction of sp³-hybridized carbons (Fsp3) is 0.231. The van der Waals surface area contributed by atoms with E-state index in [0.29, 0.717) is 5.56 Å². The number of nitrogens with zero attached hydrogens (tertiary/aromatic N) is 4.